The van der Waals surface area contributed by atoms with Crippen LogP contribution in [0.15, 0.2) is 48.7 Å². The summed E-state index contributed by atoms with van der Waals surface area (Å²) in [5, 5.41) is 9.08. The first-order valence-corrected chi connectivity index (χ1v) is 9.13. The Hall–Kier alpha value is -3.62. The number of hydrogen-bond acceptors (Lipinski definition) is 3. The third-order valence-electron chi connectivity index (χ3n) is 4.28. The summed E-state index contributed by atoms with van der Waals surface area (Å²) in [7, 11) is 0. The number of anilines is 1. The molecule has 0 saturated carbocycles. The van der Waals surface area contributed by atoms with Gasteiger partial charge in [-0.25, -0.2) is 17.9 Å². The Bertz CT molecular complexity index is 1080. The molecule has 0 aliphatic rings. The molecule has 156 valence electrons. The SMILES string of the molecule is CC(C)c1c(C(=O)NCC(=O)Nc2ccc(F)c(F)c2)cnn1-c1ccc(F)cc1. The molecule has 0 fully saturated rings. The number of aromatic nitrogens is 2. The van der Waals surface area contributed by atoms with Crippen molar-refractivity contribution >= 4 is 17.5 Å². The Labute approximate surface area is 170 Å². The molecule has 2 N–H and O–H groups in total. The molecular formula is C21H19F3N4O2. The molecule has 1 heterocycles. The van der Waals surface area contributed by atoms with Gasteiger partial charge in [-0.1, -0.05) is 13.8 Å². The minimum Gasteiger partial charge on any atom is -0.343 e. The Morgan fingerprint density at radius 1 is 1.03 bits per heavy atom. The molecule has 0 spiro atoms. The van der Waals surface area contributed by atoms with Gasteiger partial charge in [0.25, 0.3) is 5.91 Å². The molecule has 0 atom stereocenters. The van der Waals surface area contributed by atoms with Gasteiger partial charge in [-0.05, 0) is 42.3 Å². The zero-order chi connectivity index (χ0) is 21.8. The Kier molecular flexibility index (Phi) is 6.20. The summed E-state index contributed by atoms with van der Waals surface area (Å²) < 4.78 is 40.9. The van der Waals surface area contributed by atoms with E-state index in [1.54, 1.807) is 16.8 Å². The highest BCUT2D eigenvalue weighted by Gasteiger charge is 2.21. The second-order valence-corrected chi connectivity index (χ2v) is 6.85. The summed E-state index contributed by atoms with van der Waals surface area (Å²) in [6.45, 7) is 3.38. The van der Waals surface area contributed by atoms with E-state index in [9.17, 15) is 22.8 Å². The summed E-state index contributed by atoms with van der Waals surface area (Å²) >= 11 is 0. The second kappa shape index (κ2) is 8.81. The lowest BCUT2D eigenvalue weighted by molar-refractivity contribution is -0.115. The third kappa shape index (κ3) is 4.68. The van der Waals surface area contributed by atoms with Gasteiger partial charge in [0.1, 0.15) is 5.82 Å². The third-order valence-corrected chi connectivity index (χ3v) is 4.28. The van der Waals surface area contributed by atoms with E-state index in [4.69, 9.17) is 0 Å². The van der Waals surface area contributed by atoms with Crippen LogP contribution in [-0.2, 0) is 4.79 Å². The lowest BCUT2D eigenvalue weighted by atomic mass is 10.0. The molecule has 2 aromatic carbocycles. The van der Waals surface area contributed by atoms with Gasteiger partial charge in [0.05, 0.1) is 29.7 Å². The highest BCUT2D eigenvalue weighted by atomic mass is 19.2. The van der Waals surface area contributed by atoms with Crippen LogP contribution < -0.4 is 10.6 Å². The van der Waals surface area contributed by atoms with Crippen LogP contribution in [-0.4, -0.2) is 28.1 Å². The number of amides is 2. The number of nitrogens with one attached hydrogen (secondary N) is 2. The molecule has 2 amide bonds. The lowest BCUT2D eigenvalue weighted by Crippen LogP contribution is -2.33. The van der Waals surface area contributed by atoms with E-state index >= 15 is 0 Å². The fraction of sp³-hybridized carbons (Fsp3) is 0.190. The van der Waals surface area contributed by atoms with Crippen LogP contribution in [0.5, 0.6) is 0 Å². The van der Waals surface area contributed by atoms with Gasteiger partial charge in [-0.15, -0.1) is 0 Å². The molecule has 0 radical (unpaired) electrons. The molecule has 1 aromatic heterocycles. The summed E-state index contributed by atoms with van der Waals surface area (Å²) in [5.41, 5.74) is 1.53. The number of halogens is 3. The van der Waals surface area contributed by atoms with Crippen LogP contribution in [0.25, 0.3) is 5.69 Å². The zero-order valence-corrected chi connectivity index (χ0v) is 16.2. The van der Waals surface area contributed by atoms with Crippen LogP contribution in [0.4, 0.5) is 18.9 Å². The molecule has 9 heteroatoms. The molecule has 0 saturated heterocycles. The predicted octanol–water partition coefficient (Wildman–Crippen LogP) is 3.78. The summed E-state index contributed by atoms with van der Waals surface area (Å²) in [5.74, 6) is -3.72. The van der Waals surface area contributed by atoms with Gasteiger partial charge in [0.15, 0.2) is 11.6 Å². The van der Waals surface area contributed by atoms with E-state index in [1.807, 2.05) is 13.8 Å². The largest absolute Gasteiger partial charge is 0.343 e. The lowest BCUT2D eigenvalue weighted by Gasteiger charge is -2.13. The first-order chi connectivity index (χ1) is 14.3. The van der Waals surface area contributed by atoms with Crippen LogP contribution in [0.2, 0.25) is 0 Å². The smallest absolute Gasteiger partial charge is 0.255 e. The average Bonchev–Trinajstić information content (AvgIpc) is 3.15. The van der Waals surface area contributed by atoms with Crippen molar-refractivity contribution < 1.29 is 22.8 Å². The summed E-state index contributed by atoms with van der Waals surface area (Å²) in [6, 6.07) is 8.63. The van der Waals surface area contributed by atoms with Crippen LogP contribution in [0.3, 0.4) is 0 Å². The average molecular weight is 416 g/mol. The number of benzene rings is 2. The van der Waals surface area contributed by atoms with Gasteiger partial charge in [0.2, 0.25) is 5.91 Å². The predicted molar refractivity (Wildman–Crippen MR) is 105 cm³/mol. The normalized spacial score (nSPS) is 10.9. The van der Waals surface area contributed by atoms with Crippen LogP contribution >= 0.6 is 0 Å². The standard InChI is InChI=1S/C21H19F3N4O2/c1-12(2)20-16(10-26-28(20)15-6-3-13(22)4-7-15)21(30)25-11-19(29)27-14-5-8-17(23)18(24)9-14/h3-10,12H,11H2,1-2H3,(H,25,30)(H,27,29). The maximum atomic E-state index is 13.2. The monoisotopic (exact) mass is 416 g/mol. The molecule has 30 heavy (non-hydrogen) atoms. The fourth-order valence-electron chi connectivity index (χ4n) is 2.91. The van der Waals surface area contributed by atoms with Crippen molar-refractivity contribution in [2.45, 2.75) is 19.8 Å². The second-order valence-electron chi connectivity index (χ2n) is 6.85. The van der Waals surface area contributed by atoms with E-state index in [0.717, 1.165) is 12.1 Å². The maximum absolute atomic E-state index is 13.2. The maximum Gasteiger partial charge on any atom is 0.255 e. The Morgan fingerprint density at radius 3 is 2.37 bits per heavy atom. The van der Waals surface area contributed by atoms with Crippen molar-refractivity contribution in [1.29, 1.82) is 0 Å². The number of nitrogens with zero attached hydrogens (tertiary/aromatic N) is 2. The molecule has 3 rings (SSSR count). The molecule has 0 unspecified atom stereocenters. The van der Waals surface area contributed by atoms with Crippen molar-refractivity contribution in [2.24, 2.45) is 0 Å². The zero-order valence-electron chi connectivity index (χ0n) is 16.2. The van der Waals surface area contributed by atoms with Gasteiger partial charge >= 0.3 is 0 Å². The van der Waals surface area contributed by atoms with Crippen molar-refractivity contribution in [3.8, 4) is 5.69 Å². The Morgan fingerprint density at radius 2 is 1.73 bits per heavy atom. The molecular weight excluding hydrogens is 397 g/mol. The quantitative estimate of drug-likeness (QED) is 0.642. The highest BCUT2D eigenvalue weighted by molar-refractivity contribution is 6.00. The fourth-order valence-corrected chi connectivity index (χ4v) is 2.91. The van der Waals surface area contributed by atoms with Crippen molar-refractivity contribution in [3.63, 3.8) is 0 Å². The van der Waals surface area contributed by atoms with E-state index in [0.29, 0.717) is 11.4 Å². The number of carbonyl (C=O) groups is 2. The number of rotatable bonds is 6. The number of carbonyl (C=O) groups excluding carboxylic acids is 2. The first-order valence-electron chi connectivity index (χ1n) is 9.13. The van der Waals surface area contributed by atoms with E-state index in [-0.39, 0.29) is 29.5 Å². The molecule has 6 nitrogen and oxygen atoms in total. The van der Waals surface area contributed by atoms with E-state index < -0.39 is 23.4 Å². The van der Waals surface area contributed by atoms with E-state index in [1.165, 1.54) is 24.4 Å². The summed E-state index contributed by atoms with van der Waals surface area (Å²) in [6.07, 6.45) is 1.38. The van der Waals surface area contributed by atoms with Gasteiger partial charge < -0.3 is 10.6 Å². The topological polar surface area (TPSA) is 76.0 Å². The van der Waals surface area contributed by atoms with Crippen molar-refractivity contribution in [1.82, 2.24) is 15.1 Å². The van der Waals surface area contributed by atoms with Gasteiger partial charge in [-0.2, -0.15) is 5.10 Å². The highest BCUT2D eigenvalue weighted by Crippen LogP contribution is 2.23. The van der Waals surface area contributed by atoms with Gasteiger partial charge in [-0.3, -0.25) is 9.59 Å². The number of hydrogen-bond donors (Lipinski definition) is 2. The summed E-state index contributed by atoms with van der Waals surface area (Å²) in [4.78, 5) is 24.6. The minimum absolute atomic E-state index is 0.0696. The molecule has 0 bridgehead atoms. The van der Waals surface area contributed by atoms with Gasteiger partial charge in [0, 0.05) is 11.8 Å². The van der Waals surface area contributed by atoms with Crippen molar-refractivity contribution in [3.05, 3.63) is 77.4 Å². The van der Waals surface area contributed by atoms with Crippen molar-refractivity contribution in [2.75, 3.05) is 11.9 Å². The van der Waals surface area contributed by atoms with E-state index in [2.05, 4.69) is 15.7 Å². The first kappa shape index (κ1) is 21.1. The van der Waals surface area contributed by atoms with Crippen LogP contribution in [0.1, 0.15) is 35.8 Å². The Balaban J connectivity index is 1.71. The molecule has 0 aliphatic heterocycles. The minimum atomic E-state index is -1.09. The molecule has 0 aliphatic carbocycles. The molecule has 3 aromatic rings. The van der Waals surface area contributed by atoms with Crippen LogP contribution in [0, 0.1) is 17.5 Å².